The summed E-state index contributed by atoms with van der Waals surface area (Å²) in [4.78, 5) is 28.4. The predicted molar refractivity (Wildman–Crippen MR) is 132 cm³/mol. The van der Waals surface area contributed by atoms with E-state index in [4.69, 9.17) is 4.74 Å². The van der Waals surface area contributed by atoms with Gasteiger partial charge in [0.1, 0.15) is 23.7 Å². The molecule has 0 radical (unpaired) electrons. The molecule has 4 rings (SSSR count). The molecule has 1 N–H and O–H groups in total. The van der Waals surface area contributed by atoms with E-state index in [0.717, 1.165) is 81.7 Å². The maximum absolute atomic E-state index is 12.9. The second kappa shape index (κ2) is 11.2. The first-order valence-corrected chi connectivity index (χ1v) is 12.1. The van der Waals surface area contributed by atoms with Gasteiger partial charge in [-0.25, -0.2) is 9.97 Å². The molecule has 0 spiro atoms. The number of methoxy groups -OCH3 is 1. The van der Waals surface area contributed by atoms with Gasteiger partial charge in [0.15, 0.2) is 0 Å². The van der Waals surface area contributed by atoms with Gasteiger partial charge in [0.25, 0.3) is 0 Å². The Morgan fingerprint density at radius 1 is 1.12 bits per heavy atom. The molecule has 2 aromatic rings. The number of piperazine rings is 1. The second-order valence-corrected chi connectivity index (χ2v) is 8.85. The number of anilines is 3. The normalized spacial score (nSPS) is 18.8. The number of nitrogens with zero attached hydrogens (tertiary/aromatic N) is 5. The lowest BCUT2D eigenvalue weighted by Crippen LogP contribution is -2.49. The molecule has 3 heterocycles. The molecule has 2 aliphatic heterocycles. The number of carbonyl (C=O) groups is 1. The number of ether oxygens (including phenoxy) is 1. The van der Waals surface area contributed by atoms with Gasteiger partial charge in [-0.1, -0.05) is 6.07 Å². The molecule has 0 saturated carbocycles. The lowest BCUT2D eigenvalue weighted by molar-refractivity contribution is -0.131. The van der Waals surface area contributed by atoms with Gasteiger partial charge in [-0.15, -0.1) is 0 Å². The Bertz CT molecular complexity index is 915. The van der Waals surface area contributed by atoms with E-state index in [1.807, 2.05) is 23.1 Å². The van der Waals surface area contributed by atoms with Crippen molar-refractivity contribution in [3.8, 4) is 5.75 Å². The average Bonchev–Trinajstić information content (AvgIpc) is 2.88. The van der Waals surface area contributed by atoms with Crippen LogP contribution < -0.4 is 19.9 Å². The monoisotopic (exact) mass is 452 g/mol. The summed E-state index contributed by atoms with van der Waals surface area (Å²) < 4.78 is 5.34. The third-order valence-corrected chi connectivity index (χ3v) is 6.67. The van der Waals surface area contributed by atoms with Gasteiger partial charge < -0.3 is 24.8 Å². The number of benzene rings is 1. The number of aromatic nitrogens is 2. The maximum Gasteiger partial charge on any atom is 0.222 e. The van der Waals surface area contributed by atoms with Crippen LogP contribution in [0.2, 0.25) is 0 Å². The fraction of sp³-hybridized carbons (Fsp3) is 0.560. The number of rotatable bonds is 8. The van der Waals surface area contributed by atoms with Gasteiger partial charge in [-0.05, 0) is 44.2 Å². The average molecular weight is 453 g/mol. The molecular formula is C25H36N6O2. The van der Waals surface area contributed by atoms with Gasteiger partial charge in [-0.2, -0.15) is 0 Å². The van der Waals surface area contributed by atoms with Crippen LogP contribution in [0.25, 0.3) is 0 Å². The number of hydrogen-bond donors (Lipinski definition) is 1. The summed E-state index contributed by atoms with van der Waals surface area (Å²) in [7, 11) is 1.69. The van der Waals surface area contributed by atoms with Crippen LogP contribution in [-0.2, 0) is 4.79 Å². The Kier molecular flexibility index (Phi) is 7.86. The Morgan fingerprint density at radius 3 is 2.76 bits per heavy atom. The first-order chi connectivity index (χ1) is 16.2. The molecule has 2 saturated heterocycles. The second-order valence-electron chi connectivity index (χ2n) is 8.85. The Hall–Kier alpha value is -3.03. The van der Waals surface area contributed by atoms with Crippen LogP contribution in [0.1, 0.15) is 32.6 Å². The Labute approximate surface area is 196 Å². The van der Waals surface area contributed by atoms with E-state index >= 15 is 0 Å². The molecule has 1 atom stereocenters. The van der Waals surface area contributed by atoms with Crippen molar-refractivity contribution in [3.63, 3.8) is 0 Å². The summed E-state index contributed by atoms with van der Waals surface area (Å²) >= 11 is 0. The van der Waals surface area contributed by atoms with Crippen molar-refractivity contribution in [1.82, 2.24) is 14.9 Å². The number of piperidine rings is 1. The van der Waals surface area contributed by atoms with Crippen LogP contribution >= 0.6 is 0 Å². The SMILES string of the molecule is CCNc1cc(N2CCC[C@@H](CCC(=O)N3CCN(c4cccc(OC)c4)CC3)C2)ncn1. The first-order valence-electron chi connectivity index (χ1n) is 12.1. The zero-order valence-corrected chi connectivity index (χ0v) is 19.9. The molecule has 0 aliphatic carbocycles. The topological polar surface area (TPSA) is 73.8 Å². The van der Waals surface area contributed by atoms with Crippen LogP contribution in [0.4, 0.5) is 17.3 Å². The molecule has 33 heavy (non-hydrogen) atoms. The van der Waals surface area contributed by atoms with E-state index in [1.165, 1.54) is 6.42 Å². The number of hydrogen-bond acceptors (Lipinski definition) is 7. The lowest BCUT2D eigenvalue weighted by Gasteiger charge is -2.37. The van der Waals surface area contributed by atoms with Gasteiger partial charge >= 0.3 is 0 Å². The van der Waals surface area contributed by atoms with Crippen molar-refractivity contribution in [2.24, 2.45) is 5.92 Å². The van der Waals surface area contributed by atoms with Gasteiger partial charge in [0, 0.05) is 70.1 Å². The minimum Gasteiger partial charge on any atom is -0.497 e. The molecule has 0 bridgehead atoms. The smallest absolute Gasteiger partial charge is 0.222 e. The van der Waals surface area contributed by atoms with Crippen LogP contribution in [-0.4, -0.2) is 73.7 Å². The van der Waals surface area contributed by atoms with E-state index in [-0.39, 0.29) is 5.91 Å². The number of amides is 1. The van der Waals surface area contributed by atoms with Crippen molar-refractivity contribution in [1.29, 1.82) is 0 Å². The fourth-order valence-electron chi connectivity index (χ4n) is 4.81. The third kappa shape index (κ3) is 6.06. The Balaban J connectivity index is 1.24. The van der Waals surface area contributed by atoms with E-state index in [0.29, 0.717) is 12.3 Å². The molecule has 1 aromatic heterocycles. The van der Waals surface area contributed by atoms with Crippen LogP contribution in [0.3, 0.4) is 0 Å². The van der Waals surface area contributed by atoms with Crippen molar-refractivity contribution in [2.45, 2.75) is 32.6 Å². The minimum absolute atomic E-state index is 0.286. The van der Waals surface area contributed by atoms with Crippen LogP contribution in [0, 0.1) is 5.92 Å². The highest BCUT2D eigenvalue weighted by molar-refractivity contribution is 5.76. The van der Waals surface area contributed by atoms with Crippen molar-refractivity contribution < 1.29 is 9.53 Å². The fourth-order valence-corrected chi connectivity index (χ4v) is 4.81. The van der Waals surface area contributed by atoms with Gasteiger partial charge in [0.05, 0.1) is 7.11 Å². The quantitative estimate of drug-likeness (QED) is 0.659. The van der Waals surface area contributed by atoms with Crippen LogP contribution in [0.15, 0.2) is 36.7 Å². The van der Waals surface area contributed by atoms with E-state index < -0.39 is 0 Å². The standard InChI is InChI=1S/C25H36N6O2/c1-3-26-23-17-24(28-19-27-23)31-11-5-6-20(18-31)9-10-25(32)30-14-12-29(13-15-30)21-7-4-8-22(16-21)33-2/h4,7-8,16-17,19-20H,3,5-6,9-15,18H2,1-2H3,(H,26,27,28)/t20-/m0/s1. The zero-order valence-electron chi connectivity index (χ0n) is 19.9. The highest BCUT2D eigenvalue weighted by atomic mass is 16.5. The predicted octanol–water partition coefficient (Wildman–Crippen LogP) is 3.26. The molecule has 8 heteroatoms. The summed E-state index contributed by atoms with van der Waals surface area (Å²) in [6.45, 7) is 8.15. The summed E-state index contributed by atoms with van der Waals surface area (Å²) in [5, 5.41) is 3.26. The molecule has 2 aliphatic rings. The molecule has 178 valence electrons. The maximum atomic E-state index is 12.9. The lowest BCUT2D eigenvalue weighted by atomic mass is 9.93. The van der Waals surface area contributed by atoms with Crippen molar-refractivity contribution >= 4 is 23.2 Å². The van der Waals surface area contributed by atoms with Crippen LogP contribution in [0.5, 0.6) is 5.75 Å². The third-order valence-electron chi connectivity index (χ3n) is 6.67. The molecule has 0 unspecified atom stereocenters. The number of nitrogens with one attached hydrogen (secondary N) is 1. The van der Waals surface area contributed by atoms with Crippen molar-refractivity contribution in [2.75, 3.05) is 68.0 Å². The summed E-state index contributed by atoms with van der Waals surface area (Å²) in [5.74, 6) is 3.53. The molecular weight excluding hydrogens is 416 g/mol. The number of carbonyl (C=O) groups excluding carboxylic acids is 1. The van der Waals surface area contributed by atoms with E-state index in [9.17, 15) is 4.79 Å². The summed E-state index contributed by atoms with van der Waals surface area (Å²) in [6, 6.07) is 10.2. The zero-order chi connectivity index (χ0) is 23.0. The van der Waals surface area contributed by atoms with E-state index in [1.54, 1.807) is 13.4 Å². The van der Waals surface area contributed by atoms with Gasteiger partial charge in [0.2, 0.25) is 5.91 Å². The molecule has 1 amide bonds. The summed E-state index contributed by atoms with van der Waals surface area (Å²) in [6.07, 6.45) is 5.52. The Morgan fingerprint density at radius 2 is 1.97 bits per heavy atom. The molecule has 8 nitrogen and oxygen atoms in total. The first kappa shape index (κ1) is 23.1. The highest BCUT2D eigenvalue weighted by Crippen LogP contribution is 2.26. The minimum atomic E-state index is 0.286. The highest BCUT2D eigenvalue weighted by Gasteiger charge is 2.25. The van der Waals surface area contributed by atoms with Gasteiger partial charge in [-0.3, -0.25) is 4.79 Å². The summed E-state index contributed by atoms with van der Waals surface area (Å²) in [5.41, 5.74) is 1.16. The molecule has 2 fully saturated rings. The van der Waals surface area contributed by atoms with E-state index in [2.05, 4.69) is 44.1 Å². The largest absolute Gasteiger partial charge is 0.497 e. The van der Waals surface area contributed by atoms with Crippen molar-refractivity contribution in [3.05, 3.63) is 36.7 Å². The molecule has 1 aromatic carbocycles.